The Bertz CT molecular complexity index is 287. The fraction of sp³-hybridized carbons (Fsp3) is 0.812. The average Bonchev–Trinajstić information content (AvgIpc) is 1.92. The number of aliphatic imine (C=N–C) groups is 1. The van der Waals surface area contributed by atoms with Crippen molar-refractivity contribution < 1.29 is 0 Å². The first-order valence-electron chi connectivity index (χ1n) is 6.55. The molecule has 0 spiro atoms. The molecule has 0 N–H and O–H groups in total. The summed E-state index contributed by atoms with van der Waals surface area (Å²) in [5, 5.41) is 0. The predicted molar refractivity (Wildman–Crippen MR) is 79.9 cm³/mol. The summed E-state index contributed by atoms with van der Waals surface area (Å²) in [6.07, 6.45) is 5.48. The van der Waals surface area contributed by atoms with Crippen molar-refractivity contribution in [2.75, 3.05) is 0 Å². The van der Waals surface area contributed by atoms with E-state index in [2.05, 4.69) is 79.6 Å². The maximum Gasteiger partial charge on any atom is 0.0524 e. The Hall–Kier alpha value is -0.590. The average molecular weight is 237 g/mol. The topological polar surface area (TPSA) is 12.4 Å². The summed E-state index contributed by atoms with van der Waals surface area (Å²) < 4.78 is 0. The van der Waals surface area contributed by atoms with Gasteiger partial charge in [0.2, 0.25) is 0 Å². The highest BCUT2D eigenvalue weighted by Crippen LogP contribution is 2.27. The van der Waals surface area contributed by atoms with E-state index in [9.17, 15) is 0 Å². The second-order valence-corrected chi connectivity index (χ2v) is 8.25. The van der Waals surface area contributed by atoms with Gasteiger partial charge in [0, 0.05) is 6.21 Å². The fourth-order valence-corrected chi connectivity index (χ4v) is 1.58. The summed E-state index contributed by atoms with van der Waals surface area (Å²) in [6, 6.07) is 0. The van der Waals surface area contributed by atoms with Gasteiger partial charge in [0.25, 0.3) is 0 Å². The Morgan fingerprint density at radius 2 is 1.35 bits per heavy atom. The summed E-state index contributed by atoms with van der Waals surface area (Å²) in [7, 11) is 0. The molecule has 0 aromatic rings. The van der Waals surface area contributed by atoms with Gasteiger partial charge in [0.05, 0.1) is 5.54 Å². The quantitative estimate of drug-likeness (QED) is 0.581. The van der Waals surface area contributed by atoms with Crippen molar-refractivity contribution in [1.82, 2.24) is 0 Å². The van der Waals surface area contributed by atoms with Gasteiger partial charge in [-0.15, -0.1) is 0 Å². The minimum absolute atomic E-state index is 0.00879. The Balaban J connectivity index is 5.02. The molecule has 0 atom stereocenters. The molecule has 0 radical (unpaired) electrons. The van der Waals surface area contributed by atoms with E-state index in [1.807, 2.05) is 0 Å². The van der Waals surface area contributed by atoms with Crippen LogP contribution in [0.25, 0.3) is 0 Å². The second-order valence-electron chi connectivity index (χ2n) is 8.25. The first kappa shape index (κ1) is 16.4. The van der Waals surface area contributed by atoms with Crippen LogP contribution in [0.15, 0.2) is 16.6 Å². The SMILES string of the molecule is CC(C)(C)/C=C(\C=NC(C)(C)C)CC(C)(C)C. The largest absolute Gasteiger partial charge is 0.287 e. The van der Waals surface area contributed by atoms with Gasteiger partial charge in [0.1, 0.15) is 0 Å². The highest BCUT2D eigenvalue weighted by atomic mass is 14.8. The molecule has 0 fully saturated rings. The van der Waals surface area contributed by atoms with Crippen LogP contribution in [0, 0.1) is 10.8 Å². The smallest absolute Gasteiger partial charge is 0.0524 e. The third-order valence-electron chi connectivity index (χ3n) is 1.97. The lowest BCUT2D eigenvalue weighted by molar-refractivity contribution is 0.411. The molecule has 17 heavy (non-hydrogen) atoms. The molecule has 0 amide bonds. The van der Waals surface area contributed by atoms with Gasteiger partial charge in [-0.3, -0.25) is 4.99 Å². The zero-order chi connectivity index (χ0) is 13.9. The Morgan fingerprint density at radius 3 is 1.65 bits per heavy atom. The van der Waals surface area contributed by atoms with Crippen LogP contribution in [0.5, 0.6) is 0 Å². The monoisotopic (exact) mass is 237 g/mol. The summed E-state index contributed by atoms with van der Waals surface area (Å²) in [4.78, 5) is 4.63. The minimum atomic E-state index is 0.00879. The number of hydrogen-bond donors (Lipinski definition) is 0. The van der Waals surface area contributed by atoms with Crippen LogP contribution in [0.3, 0.4) is 0 Å². The Kier molecular flexibility index (Phi) is 5.18. The molecule has 0 rings (SSSR count). The first-order valence-corrected chi connectivity index (χ1v) is 6.55. The fourth-order valence-electron chi connectivity index (χ4n) is 1.58. The van der Waals surface area contributed by atoms with Crippen molar-refractivity contribution in [1.29, 1.82) is 0 Å². The summed E-state index contributed by atoms with van der Waals surface area (Å²) in [5.74, 6) is 0. The van der Waals surface area contributed by atoms with Gasteiger partial charge < -0.3 is 0 Å². The molecule has 1 nitrogen and oxygen atoms in total. The normalized spacial score (nSPS) is 15.7. The molecular weight excluding hydrogens is 206 g/mol. The highest BCUT2D eigenvalue weighted by molar-refractivity contribution is 5.79. The van der Waals surface area contributed by atoms with E-state index in [-0.39, 0.29) is 11.0 Å². The van der Waals surface area contributed by atoms with Crippen LogP contribution in [-0.4, -0.2) is 11.8 Å². The van der Waals surface area contributed by atoms with Crippen LogP contribution < -0.4 is 0 Å². The molecule has 1 heteroatoms. The third-order valence-corrected chi connectivity index (χ3v) is 1.97. The molecule has 0 aromatic heterocycles. The van der Waals surface area contributed by atoms with Crippen LogP contribution in [0.1, 0.15) is 68.7 Å². The molecule has 100 valence electrons. The zero-order valence-corrected chi connectivity index (χ0v) is 13.3. The van der Waals surface area contributed by atoms with Crippen LogP contribution in [-0.2, 0) is 0 Å². The lowest BCUT2D eigenvalue weighted by atomic mass is 9.84. The van der Waals surface area contributed by atoms with Gasteiger partial charge in [-0.25, -0.2) is 0 Å². The number of nitrogens with zero attached hydrogens (tertiary/aromatic N) is 1. The van der Waals surface area contributed by atoms with Crippen LogP contribution in [0.2, 0.25) is 0 Å². The van der Waals surface area contributed by atoms with Gasteiger partial charge in [-0.2, -0.15) is 0 Å². The molecule has 0 aliphatic carbocycles. The Morgan fingerprint density at radius 1 is 0.882 bits per heavy atom. The number of rotatable bonds is 2. The predicted octanol–water partition coefficient (Wildman–Crippen LogP) is 5.26. The minimum Gasteiger partial charge on any atom is -0.287 e. The van der Waals surface area contributed by atoms with E-state index in [1.165, 1.54) is 5.57 Å². The molecule has 0 heterocycles. The van der Waals surface area contributed by atoms with E-state index in [0.717, 1.165) is 6.42 Å². The molecule has 0 bridgehead atoms. The molecule has 0 aliphatic rings. The standard InChI is InChI=1S/C16H31N/c1-14(2,3)10-13(11-15(4,5)6)12-17-16(7,8)9/h10,12H,11H2,1-9H3/b13-10-,17-12?. The summed E-state index contributed by atoms with van der Waals surface area (Å²) in [5.41, 5.74) is 1.88. The van der Waals surface area contributed by atoms with E-state index in [4.69, 9.17) is 0 Å². The van der Waals surface area contributed by atoms with Crippen molar-refractivity contribution in [3.8, 4) is 0 Å². The Labute approximate surface area is 108 Å². The van der Waals surface area contributed by atoms with Gasteiger partial charge in [-0.1, -0.05) is 47.6 Å². The third kappa shape index (κ3) is 11.7. The van der Waals surface area contributed by atoms with Crippen molar-refractivity contribution >= 4 is 6.21 Å². The molecule has 0 saturated carbocycles. The number of allylic oxidation sites excluding steroid dienone is 2. The maximum absolute atomic E-state index is 4.63. The van der Waals surface area contributed by atoms with Gasteiger partial charge in [-0.05, 0) is 43.6 Å². The van der Waals surface area contributed by atoms with E-state index < -0.39 is 0 Å². The second kappa shape index (κ2) is 5.37. The summed E-state index contributed by atoms with van der Waals surface area (Å²) >= 11 is 0. The molecule has 0 aromatic carbocycles. The summed E-state index contributed by atoms with van der Waals surface area (Å²) in [6.45, 7) is 19.9. The lowest BCUT2D eigenvalue weighted by Crippen LogP contribution is -2.13. The van der Waals surface area contributed by atoms with Crippen LogP contribution >= 0.6 is 0 Å². The molecule has 0 unspecified atom stereocenters. The van der Waals surface area contributed by atoms with E-state index >= 15 is 0 Å². The highest BCUT2D eigenvalue weighted by Gasteiger charge is 2.16. The van der Waals surface area contributed by atoms with Crippen molar-refractivity contribution in [2.45, 2.75) is 74.3 Å². The van der Waals surface area contributed by atoms with Gasteiger partial charge >= 0.3 is 0 Å². The molecular formula is C16H31N. The maximum atomic E-state index is 4.63. The van der Waals surface area contributed by atoms with Crippen LogP contribution in [0.4, 0.5) is 0 Å². The van der Waals surface area contributed by atoms with Crippen molar-refractivity contribution in [3.05, 3.63) is 11.6 Å². The van der Waals surface area contributed by atoms with E-state index in [1.54, 1.807) is 0 Å². The first-order chi connectivity index (χ1) is 7.29. The lowest BCUT2D eigenvalue weighted by Gasteiger charge is -2.22. The van der Waals surface area contributed by atoms with Gasteiger partial charge in [0.15, 0.2) is 0 Å². The van der Waals surface area contributed by atoms with Crippen molar-refractivity contribution in [2.24, 2.45) is 15.8 Å². The zero-order valence-electron chi connectivity index (χ0n) is 13.3. The van der Waals surface area contributed by atoms with Crippen molar-refractivity contribution in [3.63, 3.8) is 0 Å². The number of hydrogen-bond acceptors (Lipinski definition) is 1. The van der Waals surface area contributed by atoms with E-state index in [0.29, 0.717) is 5.41 Å². The molecule has 0 saturated heterocycles. The molecule has 0 aliphatic heterocycles.